The predicted octanol–water partition coefficient (Wildman–Crippen LogP) is 15.5. The van der Waals surface area contributed by atoms with Crippen molar-refractivity contribution in [1.29, 1.82) is 0 Å². The second kappa shape index (κ2) is 59.4. The van der Waals surface area contributed by atoms with Crippen LogP contribution in [0.5, 0.6) is 46.0 Å². The van der Waals surface area contributed by atoms with Crippen LogP contribution in [0.15, 0.2) is 98.3 Å². The van der Waals surface area contributed by atoms with Crippen molar-refractivity contribution in [1.82, 2.24) is 0 Å². The summed E-state index contributed by atoms with van der Waals surface area (Å²) in [7, 11) is 3.09. The molecule has 10 N–H and O–H groups in total. The van der Waals surface area contributed by atoms with Gasteiger partial charge in [-0.25, -0.2) is 6.58 Å². The van der Waals surface area contributed by atoms with Crippen molar-refractivity contribution < 1.29 is 178 Å². The molecule has 5 aliphatic heterocycles. The van der Waals surface area contributed by atoms with Crippen molar-refractivity contribution in [3.8, 4) is 46.0 Å². The number of Topliss-reactive ketones (excluding diaryl/α,β-unsaturated/α-hetero) is 7. The van der Waals surface area contributed by atoms with Gasteiger partial charge < -0.3 is 111 Å². The Hall–Kier alpha value is -11.8. The Bertz CT molecular complexity index is 5310. The molecule has 7 unspecified atom stereocenters. The SMILES string of the molecule is C=CC1(C)CCC(=O)O1.C=CC1(C)CCC(=O)O1.CC1=C(C)C(=O)C(CCC(C)(O)CCC(=O)O)=C(C)C1=O.CC1=C(C)C(=O)C(CCC(C)(O)CCC(=O)O)=C(C)C1=O.CC1=C(C)C(=O)C(CCC2(C)CCC(=O)O2)=C(C)C1=O.CCOC(=O)CCC(C)=O.COc1c(C)c(O)c(C)c2c1OC(C)(CCC(=O)O)CC2.COc1c(C)c(O)c(C)c2c1OC(C)(CCC(=O)O)CC2.Cc1cc(O)c(C)c(C)c1O.[Br-].[CH+]=[CH-].[Mg+2]. The van der Waals surface area contributed by atoms with Gasteiger partial charge in [-0.2, -0.15) is 0 Å². The van der Waals surface area contributed by atoms with Crippen molar-refractivity contribution in [2.75, 3.05) is 20.8 Å². The average Bonchev–Trinajstić information content (AvgIpc) is 1.68. The molecule has 11 rings (SSSR count). The Morgan fingerprint density at radius 2 is 0.714 bits per heavy atom. The van der Waals surface area contributed by atoms with Gasteiger partial charge in [-0.05, 0) is 322 Å². The summed E-state index contributed by atoms with van der Waals surface area (Å²) in [6.07, 6.45) is 13.6. The van der Waals surface area contributed by atoms with E-state index in [2.05, 4.69) is 31.1 Å². The molecule has 147 heavy (non-hydrogen) atoms. The quantitative estimate of drug-likeness (QED) is 0.00587. The summed E-state index contributed by atoms with van der Waals surface area (Å²) in [5.74, 6) is -1.58. The van der Waals surface area contributed by atoms with E-state index in [9.17, 15) is 103 Å². The van der Waals surface area contributed by atoms with E-state index in [1.165, 1.54) is 6.92 Å². The number of benzene rings is 3. The second-order valence-corrected chi connectivity index (χ2v) is 39.3. The van der Waals surface area contributed by atoms with Gasteiger partial charge in [0, 0.05) is 153 Å². The van der Waals surface area contributed by atoms with Crippen LogP contribution < -0.4 is 35.9 Å². The Morgan fingerprint density at radius 1 is 0.408 bits per heavy atom. The molecule has 3 aliphatic carbocycles. The molecule has 8 aliphatic rings. The number of carbonyl (C=O) groups is 15. The number of phenolic OH excluding ortho intramolecular Hbond substituents is 4. The van der Waals surface area contributed by atoms with Crippen molar-refractivity contribution in [3.63, 3.8) is 0 Å². The van der Waals surface area contributed by atoms with E-state index in [4.69, 9.17) is 53.6 Å². The van der Waals surface area contributed by atoms with Crippen LogP contribution in [0.3, 0.4) is 0 Å². The van der Waals surface area contributed by atoms with E-state index < -0.39 is 51.9 Å². The van der Waals surface area contributed by atoms with E-state index in [1.807, 2.05) is 48.5 Å². The first-order valence-corrected chi connectivity index (χ1v) is 48.3. The third-order valence-electron chi connectivity index (χ3n) is 27.5. The molecular formula is C112H154BrMgO33+. The van der Waals surface area contributed by atoms with Crippen molar-refractivity contribution in [2.45, 2.75) is 379 Å². The van der Waals surface area contributed by atoms with Crippen molar-refractivity contribution in [3.05, 3.63) is 161 Å². The van der Waals surface area contributed by atoms with Crippen LogP contribution in [0.2, 0.25) is 0 Å². The summed E-state index contributed by atoms with van der Waals surface area (Å²) in [4.78, 5) is 169. The van der Waals surface area contributed by atoms with E-state index in [1.54, 1.807) is 150 Å². The smallest absolute Gasteiger partial charge is 1.00 e. The topological polar surface area (TPSA) is 532 Å². The first kappa shape index (κ1) is 135. The van der Waals surface area contributed by atoms with Gasteiger partial charge in [-0.15, -0.1) is 0 Å². The number of aliphatic carboxylic acids is 4. The summed E-state index contributed by atoms with van der Waals surface area (Å²) in [6, 6.07) is 1.57. The number of hydrogen-bond acceptors (Lipinski definition) is 29. The molecule has 33 nitrogen and oxygen atoms in total. The molecular weight excluding hydrogens is 1980 g/mol. The fraction of sp³-hybridized carbons (Fsp3) is 0.545. The first-order chi connectivity index (χ1) is 67.0. The van der Waals surface area contributed by atoms with Gasteiger partial charge >= 0.3 is 70.8 Å². The van der Waals surface area contributed by atoms with Crippen LogP contribution in [-0.4, -0.2) is 222 Å². The maximum atomic E-state index is 12.3. The van der Waals surface area contributed by atoms with Crippen LogP contribution in [0, 0.1) is 61.6 Å². The van der Waals surface area contributed by atoms with Crippen LogP contribution in [0.25, 0.3) is 0 Å². The molecule has 0 spiro atoms. The second-order valence-electron chi connectivity index (χ2n) is 39.3. The molecule has 0 bridgehead atoms. The van der Waals surface area contributed by atoms with Gasteiger partial charge in [0.05, 0.1) is 38.4 Å². The van der Waals surface area contributed by atoms with Crippen LogP contribution in [-0.2, 0) is 104 Å². The number of aryl methyl sites for hydroxylation is 1. The monoisotopic (exact) mass is 2130 g/mol. The van der Waals surface area contributed by atoms with Gasteiger partial charge in [-0.1, -0.05) is 13.2 Å². The molecule has 35 heteroatoms. The Morgan fingerprint density at radius 3 is 0.993 bits per heavy atom. The van der Waals surface area contributed by atoms with Gasteiger partial charge in [0.25, 0.3) is 0 Å². The first-order valence-electron chi connectivity index (χ1n) is 48.3. The normalized spacial score (nSPS) is 20.6. The van der Waals surface area contributed by atoms with Crippen LogP contribution in [0.1, 0.15) is 329 Å². The summed E-state index contributed by atoms with van der Waals surface area (Å²) in [5.41, 5.74) is 8.12. The standard InChI is InChI=1S/4C16H22O5.C16H20O4.C9H12O2.C7H12O3.2C7H10O2.C2H2.BrH.Mg/c2*1-9-11-5-7-16(3,8-6-12(17)18)21-15(11)14(20-4)10(2)13(9)19;2*1-9-10(2)15(20)12(11(3)14(9)19)5-7-16(4,21)8-6-13(17)18;1-9-10(2)15(19)12(11(3)14(9)18)5-7-16(4)8-6-13(17)20-16;1-5-4-8(10)6(2)7(3)9(5)11;1-3-10-7(9)5-4-6(2)8;2*1-3-7(2)5-4-6(8)9-7;1-2;;/h2*19H,5-8H2,1-4H3,(H,17,18);2*21H,5-8H2,1-4H3,(H,17,18);5-8H2,1-4H3;4,10-11H,1-3H3;3-5H2,1-2H3;2*3H,1,4-5H2,2H3;1-2H;1H;/q;;;;;;;;;;;+2/p-1. The number of phenols is 4. The van der Waals surface area contributed by atoms with E-state index in [0.29, 0.717) is 171 Å². The summed E-state index contributed by atoms with van der Waals surface area (Å²) in [5, 5.41) is 94.4. The molecule has 3 fully saturated rings. The number of aliphatic hydroxyl groups is 2. The number of esters is 4. The number of aromatic hydroxyl groups is 4. The number of rotatable bonds is 29. The summed E-state index contributed by atoms with van der Waals surface area (Å²) < 4.78 is 42.8. The average molecular weight is 2130 g/mol. The molecule has 3 aromatic carbocycles. The van der Waals surface area contributed by atoms with Crippen LogP contribution >= 0.6 is 0 Å². The number of allylic oxidation sites excluding steroid dienone is 12. The number of ketones is 7. The Balaban J connectivity index is 0.00000165. The van der Waals surface area contributed by atoms with Gasteiger partial charge in [0.1, 0.15) is 56.8 Å². The number of carboxylic acid groups (broad SMARTS) is 4. The molecule has 5 heterocycles. The number of ether oxygens (including phenoxy) is 8. The van der Waals surface area contributed by atoms with Crippen molar-refractivity contribution in [2.24, 2.45) is 0 Å². The molecule has 0 radical (unpaired) electrons. The molecule has 3 saturated heterocycles. The summed E-state index contributed by atoms with van der Waals surface area (Å²) in [6.45, 7) is 58.8. The maximum Gasteiger partial charge on any atom is 2.00 e. The van der Waals surface area contributed by atoms with Gasteiger partial charge in [0.2, 0.25) is 0 Å². The zero-order valence-corrected chi connectivity index (χ0v) is 93.8. The number of cyclic esters (lactones) is 3. The molecule has 7 atom stereocenters. The number of fused-ring (bicyclic) bond motifs is 2. The van der Waals surface area contributed by atoms with Crippen molar-refractivity contribution >= 4 is 111 Å². The number of hydrogen-bond donors (Lipinski definition) is 10. The molecule has 0 amide bonds. The third kappa shape index (κ3) is 39.7. The fourth-order valence-electron chi connectivity index (χ4n) is 16.5. The Labute approximate surface area is 891 Å². The fourth-order valence-corrected chi connectivity index (χ4v) is 16.5. The molecule has 3 aromatic rings. The number of carbonyl (C=O) groups excluding carboxylic acids is 11. The molecule has 0 saturated carbocycles. The maximum absolute atomic E-state index is 12.3. The largest absolute Gasteiger partial charge is 2.00 e. The van der Waals surface area contributed by atoms with Crippen LogP contribution in [0.4, 0.5) is 0 Å². The zero-order valence-electron chi connectivity index (χ0n) is 90.8. The predicted molar refractivity (Wildman–Crippen MR) is 549 cm³/mol. The summed E-state index contributed by atoms with van der Waals surface area (Å²) >= 11 is 0. The molecule has 0 aromatic heterocycles. The number of methoxy groups -OCH3 is 2. The van der Waals surface area contributed by atoms with E-state index in [0.717, 1.165) is 71.9 Å². The number of halogens is 1. The third-order valence-corrected chi connectivity index (χ3v) is 27.5. The van der Waals surface area contributed by atoms with Gasteiger partial charge in [0.15, 0.2) is 57.7 Å². The van der Waals surface area contributed by atoms with Gasteiger partial charge in [-0.3, -0.25) is 67.1 Å². The minimum atomic E-state index is -1.17. The zero-order chi connectivity index (χ0) is 112. The minimum Gasteiger partial charge on any atom is -1.00 e. The van der Waals surface area contributed by atoms with E-state index in [-0.39, 0.29) is 209 Å². The number of carboxylic acids is 4. The minimum absolute atomic E-state index is 0. The Kier molecular flexibility index (Phi) is 54.7. The molecule has 808 valence electrons. The van der Waals surface area contributed by atoms with E-state index >= 15 is 0 Å².